The Morgan fingerprint density at radius 2 is 0.873 bits per heavy atom. The Bertz CT molecular complexity index is 2160. The summed E-state index contributed by atoms with van der Waals surface area (Å²) < 4.78 is 10.8. The molecule has 0 amide bonds. The van der Waals surface area contributed by atoms with Gasteiger partial charge in [-0.1, -0.05) is 58.7 Å². The predicted octanol–water partition coefficient (Wildman–Crippen LogP) is 10.5. The molecular formula is C53H60O10. The first-order chi connectivity index (χ1) is 29.8. The zero-order chi connectivity index (χ0) is 46.8. The van der Waals surface area contributed by atoms with E-state index in [1.165, 1.54) is 26.4 Å². The van der Waals surface area contributed by atoms with Crippen molar-refractivity contribution in [3.8, 4) is 11.5 Å². The van der Waals surface area contributed by atoms with Gasteiger partial charge in [-0.05, 0) is 115 Å². The second-order valence-corrected chi connectivity index (χ2v) is 17.1. The summed E-state index contributed by atoms with van der Waals surface area (Å²) in [7, 11) is 2.93. The highest BCUT2D eigenvalue weighted by molar-refractivity contribution is 6.33. The molecule has 0 aliphatic heterocycles. The second-order valence-electron chi connectivity index (χ2n) is 17.1. The van der Waals surface area contributed by atoms with Gasteiger partial charge in [0.05, 0.1) is 25.0 Å². The third-order valence-corrected chi connectivity index (χ3v) is 12.0. The van der Waals surface area contributed by atoms with Gasteiger partial charge in [-0.2, -0.15) is 0 Å². The number of rotatable bonds is 22. The fourth-order valence-electron chi connectivity index (χ4n) is 8.29. The van der Waals surface area contributed by atoms with Gasteiger partial charge in [0.2, 0.25) is 0 Å². The molecule has 0 fully saturated rings. The minimum absolute atomic E-state index is 0.0372. The Hall–Kier alpha value is -6.42. The predicted molar refractivity (Wildman–Crippen MR) is 246 cm³/mol. The molecule has 0 aromatic heterocycles. The molecule has 0 spiro atoms. The first kappa shape index (κ1) is 49.2. The van der Waals surface area contributed by atoms with Gasteiger partial charge in [0.25, 0.3) is 0 Å². The van der Waals surface area contributed by atoms with E-state index < -0.39 is 86.5 Å². The van der Waals surface area contributed by atoms with Crippen LogP contribution in [0.5, 0.6) is 11.5 Å². The van der Waals surface area contributed by atoms with E-state index in [4.69, 9.17) is 9.47 Å². The van der Waals surface area contributed by atoms with E-state index in [9.17, 15) is 39.0 Å². The molecule has 0 saturated heterocycles. The molecule has 10 heteroatoms. The average molecular weight is 857 g/mol. The number of carbonyl (C=O) groups excluding carboxylic acids is 6. The molecule has 0 bridgehead atoms. The van der Waals surface area contributed by atoms with Gasteiger partial charge >= 0.3 is 0 Å². The Morgan fingerprint density at radius 1 is 0.571 bits per heavy atom. The van der Waals surface area contributed by atoms with Crippen molar-refractivity contribution in [1.82, 2.24) is 0 Å². The normalized spacial score (nSPS) is 18.6. The van der Waals surface area contributed by atoms with Crippen molar-refractivity contribution in [3.05, 3.63) is 143 Å². The summed E-state index contributed by atoms with van der Waals surface area (Å²) in [5.41, 5.74) is -0.827. The lowest BCUT2D eigenvalue weighted by molar-refractivity contribution is -0.146. The van der Waals surface area contributed by atoms with Crippen LogP contribution in [-0.4, -0.2) is 59.1 Å². The molecule has 332 valence electrons. The monoisotopic (exact) mass is 856 g/mol. The van der Waals surface area contributed by atoms with Crippen molar-refractivity contribution >= 4 is 46.9 Å². The number of hydrogen-bond acceptors (Lipinski definition) is 10. The van der Waals surface area contributed by atoms with Crippen molar-refractivity contribution in [3.63, 3.8) is 0 Å². The minimum Gasteiger partial charge on any atom is -0.511 e. The summed E-state index contributed by atoms with van der Waals surface area (Å²) in [5, 5.41) is 24.9. The smallest absolute Gasteiger partial charge is 0.180 e. The summed E-state index contributed by atoms with van der Waals surface area (Å²) in [4.78, 5) is 87.9. The Morgan fingerprint density at radius 3 is 1.16 bits per heavy atom. The fraction of sp³-hybridized carbons (Fsp3) is 0.358. The van der Waals surface area contributed by atoms with Crippen molar-refractivity contribution in [2.45, 2.75) is 85.5 Å². The molecule has 2 unspecified atom stereocenters. The third kappa shape index (κ3) is 10.8. The zero-order valence-electron chi connectivity index (χ0n) is 37.4. The molecule has 2 aromatic carbocycles. The minimum atomic E-state index is -1.95. The summed E-state index contributed by atoms with van der Waals surface area (Å²) >= 11 is 0. The molecule has 2 N–H and O–H groups in total. The topological polar surface area (TPSA) is 161 Å². The SMILES string of the molecule is C=C(C)CCC1(CCC(=C)C)C(=O)C(C(=O)C=Cc2ccccc2OC)C(=O)C(CC2=C(O)C(CCC(=C)C)(CCC(=C)C)C(=O)C(C(=O)C=Cc3ccccc3OC)C2=O)=C1O. The summed E-state index contributed by atoms with van der Waals surface area (Å²) in [6.45, 7) is 23.0. The first-order valence-electron chi connectivity index (χ1n) is 21.1. The number of carbonyl (C=O) groups is 6. The molecule has 4 rings (SSSR count). The van der Waals surface area contributed by atoms with E-state index >= 15 is 0 Å². The maximum absolute atomic E-state index is 14.9. The van der Waals surface area contributed by atoms with E-state index in [2.05, 4.69) is 26.3 Å². The summed E-state index contributed by atoms with van der Waals surface area (Å²) in [5.74, 6) is -9.80. The molecule has 0 saturated carbocycles. The van der Waals surface area contributed by atoms with Gasteiger partial charge in [0.1, 0.15) is 34.9 Å². The largest absolute Gasteiger partial charge is 0.511 e. The molecule has 63 heavy (non-hydrogen) atoms. The van der Waals surface area contributed by atoms with Crippen LogP contribution >= 0.6 is 0 Å². The van der Waals surface area contributed by atoms with E-state index in [1.807, 2.05) is 0 Å². The van der Waals surface area contributed by atoms with Crippen LogP contribution in [-0.2, 0) is 28.8 Å². The zero-order valence-corrected chi connectivity index (χ0v) is 37.4. The highest BCUT2D eigenvalue weighted by atomic mass is 16.5. The standard InChI is InChI=1S/C53H60O10/c1-32(2)23-27-52(28-24-33(3)4)48(58)38(46(56)44(50(52)60)40(54)21-19-36-15-11-13-17-42(36)62-9)31-39-47(57)45(41(55)22-20-37-16-12-14-18-43(37)63-10)51(61)53(49(39)59,29-25-34(5)6)30-26-35(7)8/h11-22,44-45,58-59H,1,3,5,7,23-31H2,2,4,6,8-10H3. The molecule has 0 radical (unpaired) electrons. The number of aliphatic hydroxyl groups excluding tert-OH is 2. The molecule has 2 aromatic rings. The van der Waals surface area contributed by atoms with E-state index in [1.54, 1.807) is 76.2 Å². The molecule has 0 heterocycles. The van der Waals surface area contributed by atoms with E-state index in [0.29, 0.717) is 44.9 Å². The van der Waals surface area contributed by atoms with Gasteiger partial charge in [-0.3, -0.25) is 28.8 Å². The number of allylic oxidation sites excluding steroid dienone is 10. The third-order valence-electron chi connectivity index (χ3n) is 12.0. The molecule has 2 aliphatic rings. The summed E-state index contributed by atoms with van der Waals surface area (Å²) in [6, 6.07) is 13.7. The lowest BCUT2D eigenvalue weighted by Crippen LogP contribution is -2.51. The van der Waals surface area contributed by atoms with Crippen LogP contribution in [0.3, 0.4) is 0 Å². The van der Waals surface area contributed by atoms with E-state index in [0.717, 1.165) is 12.2 Å². The van der Waals surface area contributed by atoms with Gasteiger partial charge in [0.15, 0.2) is 34.7 Å². The highest BCUT2D eigenvalue weighted by Gasteiger charge is 2.58. The average Bonchev–Trinajstić information content (AvgIpc) is 3.24. The number of benzene rings is 2. The van der Waals surface area contributed by atoms with Crippen LogP contribution in [0.25, 0.3) is 12.2 Å². The van der Waals surface area contributed by atoms with Gasteiger partial charge in [0, 0.05) is 28.7 Å². The van der Waals surface area contributed by atoms with Gasteiger partial charge in [-0.15, -0.1) is 26.3 Å². The van der Waals surface area contributed by atoms with Gasteiger partial charge < -0.3 is 19.7 Å². The number of Topliss-reactive ketones (excluding diaryl/α,β-unsaturated/α-hetero) is 4. The van der Waals surface area contributed by atoms with Crippen molar-refractivity contribution in [2.75, 3.05) is 14.2 Å². The van der Waals surface area contributed by atoms with Crippen molar-refractivity contribution in [1.29, 1.82) is 0 Å². The van der Waals surface area contributed by atoms with Gasteiger partial charge in [-0.25, -0.2) is 0 Å². The number of hydrogen-bond donors (Lipinski definition) is 2. The van der Waals surface area contributed by atoms with Crippen LogP contribution in [0, 0.1) is 22.7 Å². The van der Waals surface area contributed by atoms with Crippen LogP contribution in [0.1, 0.15) is 96.6 Å². The molecule has 2 aliphatic carbocycles. The quantitative estimate of drug-likeness (QED) is 0.0662. The number of aliphatic hydroxyl groups is 2. The Kier molecular flexibility index (Phi) is 16.5. The lowest BCUT2D eigenvalue weighted by atomic mass is 9.59. The molecule has 2 atom stereocenters. The molecule has 10 nitrogen and oxygen atoms in total. The van der Waals surface area contributed by atoms with Crippen LogP contribution < -0.4 is 9.47 Å². The fourth-order valence-corrected chi connectivity index (χ4v) is 8.29. The van der Waals surface area contributed by atoms with Crippen molar-refractivity contribution < 1.29 is 48.5 Å². The first-order valence-corrected chi connectivity index (χ1v) is 21.1. The lowest BCUT2D eigenvalue weighted by Gasteiger charge is -2.41. The van der Waals surface area contributed by atoms with E-state index in [-0.39, 0.29) is 51.4 Å². The van der Waals surface area contributed by atoms with Crippen molar-refractivity contribution in [2.24, 2.45) is 22.7 Å². The Balaban J connectivity index is 2.01. The number of methoxy groups -OCH3 is 2. The Labute approximate surface area is 371 Å². The summed E-state index contributed by atoms with van der Waals surface area (Å²) in [6.07, 6.45) is 5.08. The highest BCUT2D eigenvalue weighted by Crippen LogP contribution is 2.51. The van der Waals surface area contributed by atoms with Crippen LogP contribution in [0.2, 0.25) is 0 Å². The second kappa shape index (κ2) is 21.1. The number of ketones is 6. The van der Waals surface area contributed by atoms with Crippen LogP contribution in [0.4, 0.5) is 0 Å². The maximum atomic E-state index is 14.9. The van der Waals surface area contributed by atoms with Crippen LogP contribution in [0.15, 0.2) is 132 Å². The molecular weight excluding hydrogens is 797 g/mol. The number of para-hydroxylation sites is 2. The number of ether oxygens (including phenoxy) is 2. The maximum Gasteiger partial charge on any atom is 0.180 e.